The van der Waals surface area contributed by atoms with Gasteiger partial charge in [-0.1, -0.05) is 49.2 Å². The van der Waals surface area contributed by atoms with Crippen LogP contribution in [0, 0.1) is 0 Å². The number of fused-ring (bicyclic) bond motifs is 1. The van der Waals surface area contributed by atoms with Gasteiger partial charge in [-0.25, -0.2) is 5.01 Å². The SMILES string of the molecule is O=C(CSc1nnc(C2CCCCC2)o1)N1N=C(c2cc3ccccc3o2)CC1c1ccco1. The summed E-state index contributed by atoms with van der Waals surface area (Å²) in [7, 11) is 0. The standard InChI is InChI=1S/C25H24N4O4S/c30-23(15-34-25-27-26-24(33-25)16-7-2-1-3-8-16)29-19(21-11-6-12-31-21)14-18(28-29)22-13-17-9-4-5-10-20(17)32-22/h4-6,9-13,16,19H,1-3,7-8,14-15H2. The number of carbonyl (C=O) groups is 1. The summed E-state index contributed by atoms with van der Waals surface area (Å²) in [6.45, 7) is 0. The van der Waals surface area contributed by atoms with E-state index in [1.165, 1.54) is 36.0 Å². The number of nitrogens with zero attached hydrogens (tertiary/aromatic N) is 4. The predicted molar refractivity (Wildman–Crippen MR) is 127 cm³/mol. The quantitative estimate of drug-likeness (QED) is 0.318. The molecule has 1 unspecified atom stereocenters. The van der Waals surface area contributed by atoms with Crippen LogP contribution in [0.1, 0.15) is 67.9 Å². The fourth-order valence-corrected chi connectivity index (χ4v) is 5.32. The molecule has 3 aromatic heterocycles. The highest BCUT2D eigenvalue weighted by Crippen LogP contribution is 2.36. The van der Waals surface area contributed by atoms with Gasteiger partial charge in [-0.2, -0.15) is 5.10 Å². The van der Waals surface area contributed by atoms with Crippen LogP contribution in [0.2, 0.25) is 0 Å². The molecular formula is C25H24N4O4S. The van der Waals surface area contributed by atoms with Crippen molar-refractivity contribution >= 4 is 34.3 Å². The van der Waals surface area contributed by atoms with Crippen LogP contribution in [-0.4, -0.2) is 32.6 Å². The first-order valence-electron chi connectivity index (χ1n) is 11.6. The molecule has 9 heteroatoms. The summed E-state index contributed by atoms with van der Waals surface area (Å²) in [6, 6.07) is 13.1. The summed E-state index contributed by atoms with van der Waals surface area (Å²) in [6.07, 6.45) is 7.95. The Hall–Kier alpha value is -3.33. The van der Waals surface area contributed by atoms with Gasteiger partial charge in [-0.3, -0.25) is 4.79 Å². The van der Waals surface area contributed by atoms with Crippen LogP contribution in [-0.2, 0) is 4.79 Å². The van der Waals surface area contributed by atoms with Crippen LogP contribution in [0.25, 0.3) is 11.0 Å². The van der Waals surface area contributed by atoms with Crippen molar-refractivity contribution in [1.82, 2.24) is 15.2 Å². The molecule has 1 saturated carbocycles. The van der Waals surface area contributed by atoms with E-state index < -0.39 is 0 Å². The van der Waals surface area contributed by atoms with E-state index in [0.29, 0.717) is 40.7 Å². The normalized spacial score (nSPS) is 19.1. The molecule has 1 fully saturated rings. The fourth-order valence-electron chi connectivity index (χ4n) is 4.70. The van der Waals surface area contributed by atoms with Crippen LogP contribution >= 0.6 is 11.8 Å². The molecule has 0 bridgehead atoms. The third-order valence-electron chi connectivity index (χ3n) is 6.44. The van der Waals surface area contributed by atoms with E-state index in [9.17, 15) is 4.79 Å². The fraction of sp³-hybridized carbons (Fsp3) is 0.360. The lowest BCUT2D eigenvalue weighted by atomic mass is 9.89. The van der Waals surface area contributed by atoms with Crippen molar-refractivity contribution in [3.05, 3.63) is 66.1 Å². The van der Waals surface area contributed by atoms with Crippen LogP contribution in [0.5, 0.6) is 0 Å². The Morgan fingerprint density at radius 3 is 2.76 bits per heavy atom. The van der Waals surface area contributed by atoms with Crippen LogP contribution in [0.3, 0.4) is 0 Å². The molecule has 4 aromatic rings. The van der Waals surface area contributed by atoms with E-state index in [1.54, 1.807) is 6.26 Å². The first-order valence-corrected chi connectivity index (χ1v) is 12.6. The van der Waals surface area contributed by atoms with Crippen molar-refractivity contribution in [1.29, 1.82) is 0 Å². The lowest BCUT2D eigenvalue weighted by molar-refractivity contribution is -0.130. The first kappa shape index (κ1) is 21.2. The van der Waals surface area contributed by atoms with Crippen molar-refractivity contribution in [2.75, 3.05) is 5.75 Å². The molecule has 1 amide bonds. The highest BCUT2D eigenvalue weighted by Gasteiger charge is 2.36. The van der Waals surface area contributed by atoms with Crippen molar-refractivity contribution < 1.29 is 18.0 Å². The predicted octanol–water partition coefficient (Wildman–Crippen LogP) is 5.93. The lowest BCUT2D eigenvalue weighted by Gasteiger charge is -2.19. The van der Waals surface area contributed by atoms with Crippen molar-refractivity contribution in [3.8, 4) is 0 Å². The maximum atomic E-state index is 13.2. The minimum atomic E-state index is -0.327. The summed E-state index contributed by atoms with van der Waals surface area (Å²) >= 11 is 1.25. The average Bonchev–Trinajstić information content (AvgIpc) is 3.68. The molecule has 34 heavy (non-hydrogen) atoms. The smallest absolute Gasteiger partial charge is 0.277 e. The summed E-state index contributed by atoms with van der Waals surface area (Å²) in [4.78, 5) is 13.2. The van der Waals surface area contributed by atoms with Crippen LogP contribution < -0.4 is 0 Å². The van der Waals surface area contributed by atoms with E-state index in [-0.39, 0.29) is 17.7 Å². The number of benzene rings is 1. The van der Waals surface area contributed by atoms with Gasteiger partial charge in [0.2, 0.25) is 5.89 Å². The molecule has 0 saturated heterocycles. The van der Waals surface area contributed by atoms with Crippen molar-refractivity contribution in [2.24, 2.45) is 5.10 Å². The minimum Gasteiger partial charge on any atom is -0.467 e. The molecule has 4 heterocycles. The maximum absolute atomic E-state index is 13.2. The van der Waals surface area contributed by atoms with Gasteiger partial charge in [-0.15, -0.1) is 10.2 Å². The highest BCUT2D eigenvalue weighted by atomic mass is 32.2. The van der Waals surface area contributed by atoms with E-state index in [1.807, 2.05) is 42.5 Å². The van der Waals surface area contributed by atoms with E-state index in [4.69, 9.17) is 13.3 Å². The molecule has 1 aromatic carbocycles. The second-order valence-corrected chi connectivity index (χ2v) is 9.63. The zero-order valence-electron chi connectivity index (χ0n) is 18.6. The summed E-state index contributed by atoms with van der Waals surface area (Å²) in [5, 5.41) is 15.9. The summed E-state index contributed by atoms with van der Waals surface area (Å²) < 4.78 is 17.5. The molecule has 2 aliphatic rings. The minimum absolute atomic E-state index is 0.139. The molecule has 1 aliphatic carbocycles. The number of thioether (sulfide) groups is 1. The number of aromatic nitrogens is 2. The maximum Gasteiger partial charge on any atom is 0.277 e. The Kier molecular flexibility index (Phi) is 5.70. The Labute approximate surface area is 200 Å². The van der Waals surface area contributed by atoms with Crippen molar-refractivity contribution in [3.63, 3.8) is 0 Å². The van der Waals surface area contributed by atoms with Crippen molar-refractivity contribution in [2.45, 2.75) is 55.7 Å². The lowest BCUT2D eigenvalue weighted by Crippen LogP contribution is -2.28. The van der Waals surface area contributed by atoms with E-state index >= 15 is 0 Å². The number of amides is 1. The third kappa shape index (κ3) is 4.16. The molecule has 6 rings (SSSR count). The Morgan fingerprint density at radius 1 is 1.06 bits per heavy atom. The van der Waals surface area contributed by atoms with Gasteiger partial charge in [0.15, 0.2) is 5.76 Å². The molecule has 1 aliphatic heterocycles. The number of rotatable bonds is 6. The van der Waals surface area contributed by atoms with Gasteiger partial charge < -0.3 is 13.3 Å². The zero-order chi connectivity index (χ0) is 22.9. The average molecular weight is 477 g/mol. The van der Waals surface area contributed by atoms with Gasteiger partial charge in [0.05, 0.1) is 12.0 Å². The second-order valence-electron chi connectivity index (χ2n) is 8.70. The number of hydrazone groups is 1. The van der Waals surface area contributed by atoms with Gasteiger partial charge in [0.1, 0.15) is 23.1 Å². The summed E-state index contributed by atoms with van der Waals surface area (Å²) in [5.74, 6) is 2.36. The zero-order valence-corrected chi connectivity index (χ0v) is 19.4. The topological polar surface area (TPSA) is 97.9 Å². The number of hydrogen-bond donors (Lipinski definition) is 0. The number of carbonyl (C=O) groups excluding carboxylic acids is 1. The van der Waals surface area contributed by atoms with E-state index in [2.05, 4.69) is 15.3 Å². The van der Waals surface area contributed by atoms with Crippen LogP contribution in [0.15, 0.2) is 72.3 Å². The Bertz CT molecular complexity index is 1290. The highest BCUT2D eigenvalue weighted by molar-refractivity contribution is 7.99. The Balaban J connectivity index is 1.19. The molecule has 174 valence electrons. The molecule has 8 nitrogen and oxygen atoms in total. The first-order chi connectivity index (χ1) is 16.7. The summed E-state index contributed by atoms with van der Waals surface area (Å²) in [5.41, 5.74) is 1.51. The molecule has 0 N–H and O–H groups in total. The number of hydrogen-bond acceptors (Lipinski definition) is 8. The molecule has 1 atom stereocenters. The van der Waals surface area contributed by atoms with Gasteiger partial charge >= 0.3 is 0 Å². The third-order valence-corrected chi connectivity index (χ3v) is 7.25. The van der Waals surface area contributed by atoms with Gasteiger partial charge in [0, 0.05) is 17.7 Å². The van der Waals surface area contributed by atoms with Gasteiger partial charge in [-0.05, 0) is 37.1 Å². The Morgan fingerprint density at radius 2 is 1.94 bits per heavy atom. The molecular weight excluding hydrogens is 452 g/mol. The molecule has 0 radical (unpaired) electrons. The van der Waals surface area contributed by atoms with Crippen LogP contribution in [0.4, 0.5) is 0 Å². The largest absolute Gasteiger partial charge is 0.467 e. The number of para-hydroxylation sites is 1. The second kappa shape index (κ2) is 9.13. The van der Waals surface area contributed by atoms with Gasteiger partial charge in [0.25, 0.3) is 11.1 Å². The number of furan rings is 2. The monoisotopic (exact) mass is 476 g/mol. The molecule has 0 spiro atoms. The van der Waals surface area contributed by atoms with E-state index in [0.717, 1.165) is 23.8 Å².